The summed E-state index contributed by atoms with van der Waals surface area (Å²) in [5.74, 6) is -0.227. The van der Waals surface area contributed by atoms with Crippen molar-refractivity contribution >= 4 is 12.0 Å². The summed E-state index contributed by atoms with van der Waals surface area (Å²) in [5, 5.41) is 9.35. The fraction of sp³-hybridized carbons (Fsp3) is 0.600. The molecular formula is C10H15N3O3. The Labute approximate surface area is 93.8 Å². The summed E-state index contributed by atoms with van der Waals surface area (Å²) >= 11 is 0. The van der Waals surface area contributed by atoms with E-state index in [-0.39, 0.29) is 5.82 Å². The molecule has 6 nitrogen and oxygen atoms in total. The highest BCUT2D eigenvalue weighted by Gasteiger charge is 2.23. The summed E-state index contributed by atoms with van der Waals surface area (Å²) in [6, 6.07) is 0. The highest BCUT2D eigenvalue weighted by Crippen LogP contribution is 2.17. The Morgan fingerprint density at radius 1 is 1.38 bits per heavy atom. The number of carbonyl (C=O) groups excluding carboxylic acids is 2. The molecule has 1 aliphatic heterocycles. The largest absolute Gasteiger partial charge is 0.444 e. The van der Waals surface area contributed by atoms with E-state index in [1.165, 1.54) is 0 Å². The molecule has 1 rings (SSSR count). The monoisotopic (exact) mass is 225 g/mol. The number of amides is 2. The lowest BCUT2D eigenvalue weighted by Crippen LogP contribution is -2.32. The number of hydrogen-bond acceptors (Lipinski definition) is 4. The maximum atomic E-state index is 11.4. The summed E-state index contributed by atoms with van der Waals surface area (Å²) in [6.45, 7) is 7.05. The summed E-state index contributed by atoms with van der Waals surface area (Å²) in [5.41, 5.74) is -0.192. The Morgan fingerprint density at radius 2 is 2.00 bits per heavy atom. The molecule has 0 aliphatic carbocycles. The van der Waals surface area contributed by atoms with E-state index in [1.54, 1.807) is 27.7 Å². The first-order chi connectivity index (χ1) is 7.33. The quantitative estimate of drug-likeness (QED) is 0.781. The Hall–Kier alpha value is -1.72. The number of ether oxygens (including phenoxy) is 1. The van der Waals surface area contributed by atoms with Gasteiger partial charge in [0.15, 0.2) is 5.82 Å². The topological polar surface area (TPSA) is 80.1 Å². The van der Waals surface area contributed by atoms with Gasteiger partial charge in [0.05, 0.1) is 5.57 Å². The number of alkyl carbamates (subject to hydrolysis) is 1. The second-order valence-corrected chi connectivity index (χ2v) is 4.31. The number of nitrogens with one attached hydrogen (secondary N) is 1. The van der Waals surface area contributed by atoms with Gasteiger partial charge in [-0.3, -0.25) is 10.1 Å². The molecule has 1 aliphatic rings. The van der Waals surface area contributed by atoms with E-state index >= 15 is 0 Å². The molecule has 1 N–H and O–H groups in total. The molecule has 0 saturated heterocycles. The first-order valence-corrected chi connectivity index (χ1v) is 5.02. The number of nitrogens with zero attached hydrogens (tertiary/aromatic N) is 2. The number of hydrogen-bond donors (Lipinski definition) is 1. The van der Waals surface area contributed by atoms with Gasteiger partial charge in [-0.1, -0.05) is 6.92 Å². The molecule has 0 atom stereocenters. The Kier molecular flexibility index (Phi) is 3.41. The van der Waals surface area contributed by atoms with Gasteiger partial charge in [0.1, 0.15) is 5.60 Å². The summed E-state index contributed by atoms with van der Waals surface area (Å²) in [7, 11) is 0. The van der Waals surface area contributed by atoms with Crippen LogP contribution in [0.15, 0.2) is 21.6 Å². The van der Waals surface area contributed by atoms with Crippen LogP contribution in [0.2, 0.25) is 0 Å². The SMILES string of the molecule is CCC1=C(NC(=O)OC(C)(C)C)N=NC1=O. The first kappa shape index (κ1) is 12.4. The van der Waals surface area contributed by atoms with Crippen LogP contribution < -0.4 is 5.32 Å². The fourth-order valence-electron chi connectivity index (χ4n) is 1.14. The average molecular weight is 225 g/mol. The predicted molar refractivity (Wildman–Crippen MR) is 56.5 cm³/mol. The highest BCUT2D eigenvalue weighted by molar-refractivity contribution is 5.96. The Bertz CT molecular complexity index is 377. The standard InChI is InChI=1S/C10H15N3O3/c1-5-6-7(12-13-8(6)14)11-9(15)16-10(2,3)4/h5H2,1-4H3,(H,11,15). The Balaban J connectivity index is 2.68. The second-order valence-electron chi connectivity index (χ2n) is 4.31. The molecule has 0 aromatic carbocycles. The summed E-state index contributed by atoms with van der Waals surface area (Å²) in [4.78, 5) is 22.6. The highest BCUT2D eigenvalue weighted by atomic mass is 16.6. The molecule has 88 valence electrons. The van der Waals surface area contributed by atoms with Crippen LogP contribution in [0.1, 0.15) is 34.1 Å². The molecule has 1 heterocycles. The molecule has 0 aromatic rings. The third-order valence-electron chi connectivity index (χ3n) is 1.76. The van der Waals surface area contributed by atoms with Gasteiger partial charge in [-0.15, -0.1) is 10.2 Å². The minimum Gasteiger partial charge on any atom is -0.444 e. The van der Waals surface area contributed by atoms with Gasteiger partial charge >= 0.3 is 6.09 Å². The van der Waals surface area contributed by atoms with Crippen LogP contribution in [0.5, 0.6) is 0 Å². The van der Waals surface area contributed by atoms with Crippen molar-refractivity contribution in [3.8, 4) is 0 Å². The van der Waals surface area contributed by atoms with Crippen molar-refractivity contribution in [3.63, 3.8) is 0 Å². The van der Waals surface area contributed by atoms with E-state index in [0.29, 0.717) is 12.0 Å². The van der Waals surface area contributed by atoms with Crippen LogP contribution in [0, 0.1) is 0 Å². The zero-order valence-corrected chi connectivity index (χ0v) is 9.83. The van der Waals surface area contributed by atoms with Gasteiger partial charge in [0.2, 0.25) is 0 Å². The van der Waals surface area contributed by atoms with E-state index in [2.05, 4.69) is 15.5 Å². The normalized spacial score (nSPS) is 15.6. The van der Waals surface area contributed by atoms with Crippen molar-refractivity contribution in [2.75, 3.05) is 0 Å². The van der Waals surface area contributed by atoms with Crippen molar-refractivity contribution in [1.82, 2.24) is 5.32 Å². The molecule has 16 heavy (non-hydrogen) atoms. The summed E-state index contributed by atoms with van der Waals surface area (Å²) in [6.07, 6.45) is -0.168. The minimum atomic E-state index is -0.637. The lowest BCUT2D eigenvalue weighted by atomic mass is 10.2. The van der Waals surface area contributed by atoms with E-state index in [1.807, 2.05) is 0 Å². The second kappa shape index (κ2) is 4.42. The van der Waals surface area contributed by atoms with Crippen LogP contribution in [-0.4, -0.2) is 17.6 Å². The molecular weight excluding hydrogens is 210 g/mol. The van der Waals surface area contributed by atoms with E-state index in [4.69, 9.17) is 4.74 Å². The van der Waals surface area contributed by atoms with Crippen LogP contribution in [-0.2, 0) is 9.53 Å². The van der Waals surface area contributed by atoms with Crippen molar-refractivity contribution in [3.05, 3.63) is 11.4 Å². The maximum Gasteiger partial charge on any atom is 0.413 e. The molecule has 0 spiro atoms. The average Bonchev–Trinajstić information content (AvgIpc) is 2.43. The van der Waals surface area contributed by atoms with Gasteiger partial charge in [-0.25, -0.2) is 4.79 Å². The molecule has 0 unspecified atom stereocenters. The fourth-order valence-corrected chi connectivity index (χ4v) is 1.14. The molecule has 0 bridgehead atoms. The molecule has 0 fully saturated rings. The minimum absolute atomic E-state index is 0.182. The van der Waals surface area contributed by atoms with E-state index < -0.39 is 17.6 Å². The molecule has 0 radical (unpaired) electrons. The van der Waals surface area contributed by atoms with E-state index in [0.717, 1.165) is 0 Å². The van der Waals surface area contributed by atoms with Gasteiger partial charge in [0, 0.05) is 0 Å². The van der Waals surface area contributed by atoms with Gasteiger partial charge in [-0.05, 0) is 27.2 Å². The number of rotatable bonds is 2. The molecule has 0 saturated carbocycles. The smallest absolute Gasteiger partial charge is 0.413 e. The van der Waals surface area contributed by atoms with Crippen LogP contribution in [0.25, 0.3) is 0 Å². The third-order valence-corrected chi connectivity index (χ3v) is 1.76. The van der Waals surface area contributed by atoms with E-state index in [9.17, 15) is 9.59 Å². The van der Waals surface area contributed by atoms with Gasteiger partial charge in [0.25, 0.3) is 5.91 Å². The first-order valence-electron chi connectivity index (χ1n) is 5.02. The van der Waals surface area contributed by atoms with Crippen molar-refractivity contribution in [1.29, 1.82) is 0 Å². The van der Waals surface area contributed by atoms with Crippen molar-refractivity contribution < 1.29 is 14.3 Å². The molecule has 2 amide bonds. The maximum absolute atomic E-state index is 11.4. The number of azo groups is 1. The zero-order valence-electron chi connectivity index (χ0n) is 9.83. The summed E-state index contributed by atoms with van der Waals surface area (Å²) < 4.78 is 5.03. The third kappa shape index (κ3) is 3.15. The van der Waals surface area contributed by atoms with Crippen molar-refractivity contribution in [2.45, 2.75) is 39.7 Å². The van der Waals surface area contributed by atoms with Crippen LogP contribution in [0.3, 0.4) is 0 Å². The van der Waals surface area contributed by atoms with Gasteiger partial charge in [-0.2, -0.15) is 0 Å². The van der Waals surface area contributed by atoms with Gasteiger partial charge < -0.3 is 4.74 Å². The predicted octanol–water partition coefficient (Wildman–Crippen LogP) is 2.13. The molecule has 0 aromatic heterocycles. The zero-order chi connectivity index (χ0) is 12.3. The number of carbonyl (C=O) groups is 2. The Morgan fingerprint density at radius 3 is 2.50 bits per heavy atom. The van der Waals surface area contributed by atoms with Crippen molar-refractivity contribution in [2.24, 2.45) is 10.2 Å². The molecule has 6 heteroatoms. The lowest BCUT2D eigenvalue weighted by Gasteiger charge is -2.19. The lowest BCUT2D eigenvalue weighted by molar-refractivity contribution is -0.114. The van der Waals surface area contributed by atoms with Crippen LogP contribution >= 0.6 is 0 Å². The van der Waals surface area contributed by atoms with Crippen LogP contribution in [0.4, 0.5) is 4.79 Å².